The zero-order valence-corrected chi connectivity index (χ0v) is 12.2. The van der Waals surface area contributed by atoms with Crippen molar-refractivity contribution in [3.05, 3.63) is 65.4 Å². The summed E-state index contributed by atoms with van der Waals surface area (Å²) in [5.41, 5.74) is 1.81. The van der Waals surface area contributed by atoms with E-state index in [1.165, 1.54) is 5.56 Å². The summed E-state index contributed by atoms with van der Waals surface area (Å²) >= 11 is 0. The maximum absolute atomic E-state index is 11.0. The standard InChI is InChI=1S/C18H15NO4/c20-15-10-14(18(22)23)19-17-13(15)8-12(9-16(17)21)7-6-11-4-2-1-3-5-11/h1-5,8-10,21H,6-7H2,(H,19,20)(H,22,23). The lowest BCUT2D eigenvalue weighted by atomic mass is 10.0. The van der Waals surface area contributed by atoms with Crippen molar-refractivity contribution < 1.29 is 20.1 Å². The van der Waals surface area contributed by atoms with Crippen molar-refractivity contribution in [3.8, 4) is 11.5 Å². The first-order valence-corrected chi connectivity index (χ1v) is 7.17. The van der Waals surface area contributed by atoms with Gasteiger partial charge in [-0.25, -0.2) is 9.78 Å². The summed E-state index contributed by atoms with van der Waals surface area (Å²) in [6.07, 6.45) is 1.49. The number of rotatable bonds is 4. The number of pyridine rings is 1. The molecular formula is C18H15NO4. The predicted octanol–water partition coefficient (Wildman–Crippen LogP) is 3.13. The zero-order chi connectivity index (χ0) is 16.4. The number of benzene rings is 2. The molecule has 0 saturated carbocycles. The van der Waals surface area contributed by atoms with Gasteiger partial charge in [-0.05, 0) is 36.1 Å². The van der Waals surface area contributed by atoms with Gasteiger partial charge in [-0.15, -0.1) is 0 Å². The van der Waals surface area contributed by atoms with E-state index in [4.69, 9.17) is 5.11 Å². The number of carboxylic acids is 1. The molecule has 0 saturated heterocycles. The summed E-state index contributed by atoms with van der Waals surface area (Å²) < 4.78 is 0. The Morgan fingerprint density at radius 2 is 1.61 bits per heavy atom. The molecule has 0 amide bonds. The maximum atomic E-state index is 11.0. The van der Waals surface area contributed by atoms with Gasteiger partial charge in [0, 0.05) is 11.5 Å². The second-order valence-corrected chi connectivity index (χ2v) is 5.33. The minimum atomic E-state index is -1.25. The van der Waals surface area contributed by atoms with Gasteiger partial charge in [0.15, 0.2) is 5.69 Å². The second kappa shape index (κ2) is 5.96. The van der Waals surface area contributed by atoms with Gasteiger partial charge in [0.1, 0.15) is 17.0 Å². The fourth-order valence-electron chi connectivity index (χ4n) is 2.54. The Balaban J connectivity index is 1.96. The van der Waals surface area contributed by atoms with Crippen LogP contribution in [0, 0.1) is 0 Å². The third kappa shape index (κ3) is 3.08. The molecule has 0 unspecified atom stereocenters. The fourth-order valence-corrected chi connectivity index (χ4v) is 2.54. The van der Waals surface area contributed by atoms with Crippen LogP contribution in [0.1, 0.15) is 21.6 Å². The normalized spacial score (nSPS) is 10.8. The number of aromatic carboxylic acids is 1. The Labute approximate surface area is 132 Å². The van der Waals surface area contributed by atoms with Gasteiger partial charge in [-0.1, -0.05) is 30.3 Å². The highest BCUT2D eigenvalue weighted by atomic mass is 16.4. The van der Waals surface area contributed by atoms with E-state index < -0.39 is 5.97 Å². The Morgan fingerprint density at radius 1 is 0.913 bits per heavy atom. The third-order valence-corrected chi connectivity index (χ3v) is 3.70. The van der Waals surface area contributed by atoms with Crippen LogP contribution in [0.3, 0.4) is 0 Å². The molecule has 0 bridgehead atoms. The molecule has 0 radical (unpaired) electrons. The summed E-state index contributed by atoms with van der Waals surface area (Å²) in [7, 11) is 0. The summed E-state index contributed by atoms with van der Waals surface area (Å²) in [6.45, 7) is 0. The number of phenolic OH excluding ortho intramolecular Hbond substituents is 1. The van der Waals surface area contributed by atoms with Crippen molar-refractivity contribution in [2.75, 3.05) is 0 Å². The predicted molar refractivity (Wildman–Crippen MR) is 85.9 cm³/mol. The molecule has 0 fully saturated rings. The highest BCUT2D eigenvalue weighted by molar-refractivity contribution is 5.95. The van der Waals surface area contributed by atoms with Crippen LogP contribution in [-0.2, 0) is 12.8 Å². The van der Waals surface area contributed by atoms with E-state index in [1.54, 1.807) is 12.1 Å². The van der Waals surface area contributed by atoms with Crippen molar-refractivity contribution in [3.63, 3.8) is 0 Å². The number of aryl methyl sites for hydroxylation is 2. The van der Waals surface area contributed by atoms with Crippen LogP contribution >= 0.6 is 0 Å². The van der Waals surface area contributed by atoms with E-state index in [0.29, 0.717) is 11.8 Å². The van der Waals surface area contributed by atoms with Gasteiger partial charge in [0.2, 0.25) is 0 Å². The Hall–Kier alpha value is -3.08. The number of carboxylic acid groups (broad SMARTS) is 1. The lowest BCUT2D eigenvalue weighted by molar-refractivity contribution is 0.0690. The first-order valence-electron chi connectivity index (χ1n) is 7.17. The van der Waals surface area contributed by atoms with E-state index in [-0.39, 0.29) is 22.7 Å². The number of aromatic hydroxyl groups is 2. The number of hydrogen-bond donors (Lipinski definition) is 3. The number of hydrogen-bond acceptors (Lipinski definition) is 4. The first kappa shape index (κ1) is 14.8. The van der Waals surface area contributed by atoms with Gasteiger partial charge >= 0.3 is 5.97 Å². The highest BCUT2D eigenvalue weighted by Crippen LogP contribution is 2.32. The Kier molecular flexibility index (Phi) is 3.85. The molecule has 2 aromatic carbocycles. The SMILES string of the molecule is O=C(O)c1cc(O)c2cc(CCc3ccccc3)cc(O)c2n1. The van der Waals surface area contributed by atoms with Crippen LogP contribution < -0.4 is 0 Å². The van der Waals surface area contributed by atoms with E-state index >= 15 is 0 Å². The van der Waals surface area contributed by atoms with Crippen LogP contribution in [0.15, 0.2) is 48.5 Å². The van der Waals surface area contributed by atoms with Crippen molar-refractivity contribution in [2.45, 2.75) is 12.8 Å². The minimum absolute atomic E-state index is 0.0888. The second-order valence-electron chi connectivity index (χ2n) is 5.33. The van der Waals surface area contributed by atoms with Gasteiger partial charge in [-0.3, -0.25) is 0 Å². The van der Waals surface area contributed by atoms with E-state index in [0.717, 1.165) is 18.1 Å². The molecule has 23 heavy (non-hydrogen) atoms. The molecular weight excluding hydrogens is 294 g/mol. The average molecular weight is 309 g/mol. The molecule has 5 nitrogen and oxygen atoms in total. The monoisotopic (exact) mass is 309 g/mol. The molecule has 0 spiro atoms. The summed E-state index contributed by atoms with van der Waals surface area (Å²) in [5.74, 6) is -1.59. The van der Waals surface area contributed by atoms with Gasteiger partial charge in [-0.2, -0.15) is 0 Å². The summed E-state index contributed by atoms with van der Waals surface area (Å²) in [6, 6.07) is 14.3. The molecule has 0 aliphatic heterocycles. The van der Waals surface area contributed by atoms with Gasteiger partial charge < -0.3 is 15.3 Å². The van der Waals surface area contributed by atoms with Crippen molar-refractivity contribution in [2.24, 2.45) is 0 Å². The average Bonchev–Trinajstić information content (AvgIpc) is 2.54. The number of nitrogens with zero attached hydrogens (tertiary/aromatic N) is 1. The molecule has 1 heterocycles. The molecule has 3 aromatic rings. The Bertz CT molecular complexity index is 875. The molecule has 5 heteroatoms. The van der Waals surface area contributed by atoms with Crippen LogP contribution in [0.25, 0.3) is 10.9 Å². The van der Waals surface area contributed by atoms with E-state index in [2.05, 4.69) is 4.98 Å². The molecule has 116 valence electrons. The number of fused-ring (bicyclic) bond motifs is 1. The van der Waals surface area contributed by atoms with Crippen LogP contribution in [0.4, 0.5) is 0 Å². The fraction of sp³-hybridized carbons (Fsp3) is 0.111. The molecule has 1 aromatic heterocycles. The van der Waals surface area contributed by atoms with Crippen LogP contribution in [0.2, 0.25) is 0 Å². The van der Waals surface area contributed by atoms with Gasteiger partial charge in [0.25, 0.3) is 0 Å². The lowest BCUT2D eigenvalue weighted by Gasteiger charge is -2.08. The van der Waals surface area contributed by atoms with Crippen molar-refractivity contribution in [1.29, 1.82) is 0 Å². The van der Waals surface area contributed by atoms with Gasteiger partial charge in [0.05, 0.1) is 0 Å². The largest absolute Gasteiger partial charge is 0.507 e. The van der Waals surface area contributed by atoms with E-state index in [1.807, 2.05) is 30.3 Å². The quantitative estimate of drug-likeness (QED) is 0.689. The lowest BCUT2D eigenvalue weighted by Crippen LogP contribution is -2.01. The van der Waals surface area contributed by atoms with Crippen LogP contribution in [-0.4, -0.2) is 26.3 Å². The summed E-state index contributed by atoms with van der Waals surface area (Å²) in [4.78, 5) is 14.9. The maximum Gasteiger partial charge on any atom is 0.354 e. The number of carbonyl (C=O) groups is 1. The summed E-state index contributed by atoms with van der Waals surface area (Å²) in [5, 5.41) is 29.4. The van der Waals surface area contributed by atoms with Crippen LogP contribution in [0.5, 0.6) is 11.5 Å². The number of phenols is 1. The number of aromatic nitrogens is 1. The molecule has 3 rings (SSSR count). The van der Waals surface area contributed by atoms with E-state index in [9.17, 15) is 15.0 Å². The molecule has 0 atom stereocenters. The minimum Gasteiger partial charge on any atom is -0.507 e. The zero-order valence-electron chi connectivity index (χ0n) is 12.2. The molecule has 0 aliphatic rings. The smallest absolute Gasteiger partial charge is 0.354 e. The third-order valence-electron chi connectivity index (χ3n) is 3.70. The Morgan fingerprint density at radius 3 is 2.30 bits per heavy atom. The topological polar surface area (TPSA) is 90.7 Å². The molecule has 0 aliphatic carbocycles. The van der Waals surface area contributed by atoms with Crippen molar-refractivity contribution in [1.82, 2.24) is 4.98 Å². The highest BCUT2D eigenvalue weighted by Gasteiger charge is 2.14. The van der Waals surface area contributed by atoms with Crippen molar-refractivity contribution >= 4 is 16.9 Å². The molecule has 3 N–H and O–H groups in total. The first-order chi connectivity index (χ1) is 11.0.